The number of hydrogen-bond acceptors (Lipinski definition) is 10. The third kappa shape index (κ3) is 14.7. The molecule has 8 N–H and O–H groups in total. The highest BCUT2D eigenvalue weighted by Crippen LogP contribution is 2.24. The molecule has 2 aromatic carbocycles. The first kappa shape index (κ1) is 39.2. The van der Waals surface area contributed by atoms with Gasteiger partial charge in [0.2, 0.25) is 0 Å². The molecule has 2 heterocycles. The van der Waals surface area contributed by atoms with Gasteiger partial charge in [0.15, 0.2) is 5.96 Å². The van der Waals surface area contributed by atoms with E-state index in [-0.39, 0.29) is 12.6 Å². The van der Waals surface area contributed by atoms with Crippen LogP contribution in [0.25, 0.3) is 21.9 Å². The number of para-hydroxylation sites is 2. The van der Waals surface area contributed by atoms with E-state index < -0.39 is 35.5 Å². The van der Waals surface area contributed by atoms with Crippen molar-refractivity contribution in [3.05, 3.63) is 81.5 Å². The summed E-state index contributed by atoms with van der Waals surface area (Å²) in [7, 11) is 0. The van der Waals surface area contributed by atoms with Crippen molar-refractivity contribution >= 4 is 39.8 Å². The minimum atomic E-state index is -5.08. The summed E-state index contributed by atoms with van der Waals surface area (Å²) >= 11 is 0. The normalized spacial score (nSPS) is 10.6. The zero-order valence-corrected chi connectivity index (χ0v) is 23.7. The first-order chi connectivity index (χ1) is 21.9. The van der Waals surface area contributed by atoms with Crippen molar-refractivity contribution in [3.63, 3.8) is 0 Å². The van der Waals surface area contributed by atoms with Crippen LogP contribution in [0.3, 0.4) is 0 Å². The highest BCUT2D eigenvalue weighted by molar-refractivity contribution is 5.83. The number of carboxylic acids is 2. The Morgan fingerprint density at radius 2 is 1.09 bits per heavy atom. The quantitative estimate of drug-likeness (QED) is 0.0621. The van der Waals surface area contributed by atoms with E-state index in [2.05, 4.69) is 4.99 Å². The maximum absolute atomic E-state index is 11.3. The number of hydrogen-bond donors (Lipinski definition) is 5. The monoisotopic (exact) mass is 680 g/mol. The van der Waals surface area contributed by atoms with E-state index in [0.29, 0.717) is 42.4 Å². The summed E-state index contributed by atoms with van der Waals surface area (Å²) in [5.41, 5.74) is 15.9. The van der Waals surface area contributed by atoms with Gasteiger partial charge in [-0.1, -0.05) is 24.3 Å². The average Bonchev–Trinajstić information content (AvgIpc) is 2.97. The van der Waals surface area contributed by atoms with Crippen LogP contribution >= 0.6 is 0 Å². The number of alkyl halides is 6. The van der Waals surface area contributed by atoms with E-state index in [0.717, 1.165) is 10.8 Å². The van der Waals surface area contributed by atoms with Gasteiger partial charge in [0.25, 0.3) is 0 Å². The van der Waals surface area contributed by atoms with Crippen molar-refractivity contribution in [1.29, 1.82) is 0 Å². The summed E-state index contributed by atoms with van der Waals surface area (Å²) in [4.78, 5) is 44.1. The second-order valence-corrected chi connectivity index (χ2v) is 8.25. The van der Waals surface area contributed by atoms with Crippen molar-refractivity contribution in [3.8, 4) is 11.5 Å². The predicted octanol–water partition coefficient (Wildman–Crippen LogP) is 2.84. The molecule has 4 rings (SSSR count). The molecule has 4 aromatic rings. The minimum Gasteiger partial charge on any atom is -0.491 e. The van der Waals surface area contributed by atoms with Gasteiger partial charge in [-0.25, -0.2) is 19.2 Å². The third-order valence-electron chi connectivity index (χ3n) is 4.73. The van der Waals surface area contributed by atoms with Crippen LogP contribution in [0.1, 0.15) is 0 Å². The summed E-state index contributed by atoms with van der Waals surface area (Å²) < 4.78 is 84.4. The fourth-order valence-corrected chi connectivity index (χ4v) is 2.90. The van der Waals surface area contributed by atoms with Gasteiger partial charge in [-0.15, -0.1) is 0 Å². The van der Waals surface area contributed by atoms with Gasteiger partial charge in [-0.3, -0.25) is 4.99 Å². The third-order valence-corrected chi connectivity index (χ3v) is 4.73. The molecular weight excluding hydrogens is 654 g/mol. The molecule has 0 unspecified atom stereocenters. The van der Waals surface area contributed by atoms with E-state index in [1.54, 1.807) is 24.3 Å². The second-order valence-electron chi connectivity index (χ2n) is 8.25. The second kappa shape index (κ2) is 18.2. The Morgan fingerprint density at radius 1 is 0.723 bits per heavy atom. The number of ether oxygens (including phenoxy) is 2. The highest BCUT2D eigenvalue weighted by Gasteiger charge is 2.38. The Morgan fingerprint density at radius 3 is 1.43 bits per heavy atom. The lowest BCUT2D eigenvalue weighted by molar-refractivity contribution is -0.193. The van der Waals surface area contributed by atoms with Crippen LogP contribution in [0.2, 0.25) is 0 Å². The fraction of sp³-hybridized carbons (Fsp3) is 0.222. The smallest absolute Gasteiger partial charge is 0.490 e. The van der Waals surface area contributed by atoms with Crippen LogP contribution < -0.4 is 37.9 Å². The summed E-state index contributed by atoms with van der Waals surface area (Å²) in [6.07, 6.45) is -10.2. The molecule has 0 radical (unpaired) electrons. The Labute approximate surface area is 258 Å². The Hall–Kier alpha value is -5.79. The molecule has 0 atom stereocenters. The van der Waals surface area contributed by atoms with Crippen LogP contribution in [-0.4, -0.2) is 66.8 Å². The van der Waals surface area contributed by atoms with Crippen LogP contribution in [0, 0.1) is 0 Å². The average molecular weight is 681 g/mol. The number of halogens is 6. The first-order valence-electron chi connectivity index (χ1n) is 12.5. The summed E-state index contributed by atoms with van der Waals surface area (Å²) in [6, 6.07) is 17.0. The molecule has 0 aliphatic heterocycles. The Balaban J connectivity index is 0.000000342. The molecule has 256 valence electrons. The van der Waals surface area contributed by atoms with Gasteiger partial charge < -0.3 is 45.7 Å². The van der Waals surface area contributed by atoms with E-state index >= 15 is 0 Å². The zero-order chi connectivity index (χ0) is 35.8. The zero-order valence-electron chi connectivity index (χ0n) is 23.7. The lowest BCUT2D eigenvalue weighted by Crippen LogP contribution is -2.23. The number of rotatable bonds is 7. The molecule has 0 amide bonds. The van der Waals surface area contributed by atoms with Crippen LogP contribution in [0.4, 0.5) is 26.3 Å². The molecule has 0 aliphatic carbocycles. The summed E-state index contributed by atoms with van der Waals surface area (Å²) in [6.45, 7) is 1.41. The molecule has 0 aliphatic rings. The number of nitrogens with zero attached hydrogens (tertiary/aromatic N) is 1. The highest BCUT2D eigenvalue weighted by atomic mass is 19.4. The van der Waals surface area contributed by atoms with Gasteiger partial charge >= 0.3 is 35.5 Å². The van der Waals surface area contributed by atoms with E-state index in [4.69, 9.17) is 55.3 Å². The van der Waals surface area contributed by atoms with Crippen molar-refractivity contribution in [2.75, 3.05) is 26.3 Å². The molecule has 0 saturated carbocycles. The number of benzene rings is 2. The van der Waals surface area contributed by atoms with E-state index in [1.165, 1.54) is 12.1 Å². The van der Waals surface area contributed by atoms with Gasteiger partial charge in [0.05, 0.1) is 29.4 Å². The maximum atomic E-state index is 11.3. The number of guanidine groups is 1. The largest absolute Gasteiger partial charge is 0.491 e. The summed E-state index contributed by atoms with van der Waals surface area (Å²) in [5, 5.41) is 15.8. The standard InChI is InChI=1S/C12H13N3O3.C11H11NO3.2C2HF3O2/c13-12(14)15-5-6-17-10-7-11(16)18-9-4-2-1-3-8(9)10;12-5-6-14-10-7-11(13)15-9-4-2-1-3-8(9)10;2*3-2(4,5)1(6)7/h1-4,7H,5-6H2,(H4,13,14,15);1-4,7H,5-6,12H2;2*(H,6,7). The number of nitrogens with two attached hydrogens (primary N) is 3. The molecule has 14 nitrogen and oxygen atoms in total. The van der Waals surface area contributed by atoms with Crippen molar-refractivity contribution in [2.45, 2.75) is 12.4 Å². The van der Waals surface area contributed by atoms with Crippen molar-refractivity contribution in [2.24, 2.45) is 22.2 Å². The minimum absolute atomic E-state index is 0.0102. The van der Waals surface area contributed by atoms with E-state index in [1.807, 2.05) is 24.3 Å². The molecule has 0 bridgehead atoms. The lowest BCUT2D eigenvalue weighted by Gasteiger charge is -2.06. The van der Waals surface area contributed by atoms with Crippen LogP contribution in [0.15, 0.2) is 84.1 Å². The van der Waals surface area contributed by atoms with Crippen molar-refractivity contribution < 1.29 is 64.5 Å². The fourth-order valence-electron chi connectivity index (χ4n) is 2.90. The SMILES string of the molecule is NC(N)=NCCOc1cc(=O)oc2ccccc12.NCCOc1cc(=O)oc2ccccc12.O=C(O)C(F)(F)F.O=C(O)C(F)(F)F. The maximum Gasteiger partial charge on any atom is 0.490 e. The number of carboxylic acid groups (broad SMARTS) is 2. The van der Waals surface area contributed by atoms with Gasteiger partial charge in [0, 0.05) is 6.54 Å². The van der Waals surface area contributed by atoms with Crippen LogP contribution in [-0.2, 0) is 9.59 Å². The Kier molecular flexibility index (Phi) is 15.2. The van der Waals surface area contributed by atoms with Gasteiger partial charge in [-0.05, 0) is 24.3 Å². The molecule has 20 heteroatoms. The summed E-state index contributed by atoms with van der Waals surface area (Å²) in [5.74, 6) is -4.52. The van der Waals surface area contributed by atoms with E-state index in [9.17, 15) is 35.9 Å². The topological polar surface area (TPSA) is 244 Å². The predicted molar refractivity (Wildman–Crippen MR) is 153 cm³/mol. The number of aliphatic imine (C=N–C) groups is 1. The number of carbonyl (C=O) groups is 2. The van der Waals surface area contributed by atoms with Crippen molar-refractivity contribution in [1.82, 2.24) is 0 Å². The molecule has 0 saturated heterocycles. The molecule has 47 heavy (non-hydrogen) atoms. The molecule has 0 spiro atoms. The first-order valence-corrected chi connectivity index (χ1v) is 12.5. The lowest BCUT2D eigenvalue weighted by atomic mass is 10.2. The van der Waals surface area contributed by atoms with Crippen LogP contribution in [0.5, 0.6) is 11.5 Å². The van der Waals surface area contributed by atoms with Gasteiger partial charge in [-0.2, -0.15) is 26.3 Å². The molecule has 2 aromatic heterocycles. The Bertz CT molecular complexity index is 1740. The number of fused-ring (bicyclic) bond motifs is 2. The van der Waals surface area contributed by atoms with Gasteiger partial charge in [0.1, 0.15) is 35.9 Å². The molecule has 0 fully saturated rings. The number of aliphatic carboxylic acids is 2. The molecular formula is C27H26F6N4O10.